The molecule has 8 heteroatoms. The third-order valence-corrected chi connectivity index (χ3v) is 7.43. The van der Waals surface area contributed by atoms with Crippen LogP contribution >= 0.6 is 23.4 Å². The quantitative estimate of drug-likeness (QED) is 0.364. The average molecular weight is 456 g/mol. The van der Waals surface area contributed by atoms with Crippen LogP contribution in [0.2, 0.25) is 5.02 Å². The van der Waals surface area contributed by atoms with Gasteiger partial charge in [-0.3, -0.25) is 4.72 Å². The van der Waals surface area contributed by atoms with Crippen LogP contribution in [-0.4, -0.2) is 18.4 Å². The standard InChI is InChI=1S/C22H18ClN3O2S2/c1-15(16-9-3-2-4-10-16)29-22-21(24-18-12-6-7-13-19(18)25-22)26-30(27,28)20-14-8-5-11-17(20)23/h2-15H,1H3,(H,24,26). The van der Waals surface area contributed by atoms with E-state index in [1.165, 1.54) is 23.9 Å². The lowest BCUT2D eigenvalue weighted by Crippen LogP contribution is -2.16. The van der Waals surface area contributed by atoms with Gasteiger partial charge in [0.1, 0.15) is 9.92 Å². The van der Waals surface area contributed by atoms with Crippen molar-refractivity contribution in [1.82, 2.24) is 9.97 Å². The maximum atomic E-state index is 13.0. The van der Waals surface area contributed by atoms with Crippen LogP contribution in [0.1, 0.15) is 17.7 Å². The van der Waals surface area contributed by atoms with Gasteiger partial charge in [0.25, 0.3) is 10.0 Å². The van der Waals surface area contributed by atoms with Crippen molar-refractivity contribution in [3.63, 3.8) is 0 Å². The summed E-state index contributed by atoms with van der Waals surface area (Å²) >= 11 is 7.56. The maximum absolute atomic E-state index is 13.0. The zero-order valence-electron chi connectivity index (χ0n) is 16.0. The summed E-state index contributed by atoms with van der Waals surface area (Å²) in [4.78, 5) is 9.22. The summed E-state index contributed by atoms with van der Waals surface area (Å²) in [6, 6.07) is 23.6. The van der Waals surface area contributed by atoms with Gasteiger partial charge in [0.15, 0.2) is 5.82 Å². The minimum atomic E-state index is -3.93. The number of anilines is 1. The van der Waals surface area contributed by atoms with E-state index in [4.69, 9.17) is 11.6 Å². The third kappa shape index (κ3) is 4.43. The van der Waals surface area contributed by atoms with Crippen molar-refractivity contribution >= 4 is 50.2 Å². The molecule has 3 aromatic carbocycles. The summed E-state index contributed by atoms with van der Waals surface area (Å²) in [6.07, 6.45) is 0. The second kappa shape index (κ2) is 8.63. The normalized spacial score (nSPS) is 12.6. The molecule has 4 aromatic rings. The Hall–Kier alpha value is -2.61. The van der Waals surface area contributed by atoms with Crippen LogP contribution in [-0.2, 0) is 10.0 Å². The monoisotopic (exact) mass is 455 g/mol. The molecule has 4 rings (SSSR count). The van der Waals surface area contributed by atoms with Gasteiger partial charge >= 0.3 is 0 Å². The van der Waals surface area contributed by atoms with E-state index >= 15 is 0 Å². The Morgan fingerprint density at radius 1 is 0.867 bits per heavy atom. The molecule has 0 saturated heterocycles. The van der Waals surface area contributed by atoms with Crippen LogP contribution in [0.15, 0.2) is 88.8 Å². The number of nitrogens with one attached hydrogen (secondary N) is 1. The van der Waals surface area contributed by atoms with Crippen molar-refractivity contribution < 1.29 is 8.42 Å². The molecule has 152 valence electrons. The molecule has 0 aliphatic heterocycles. The van der Waals surface area contributed by atoms with Crippen LogP contribution in [0.25, 0.3) is 11.0 Å². The number of rotatable bonds is 6. The highest BCUT2D eigenvalue weighted by molar-refractivity contribution is 7.99. The number of hydrogen-bond donors (Lipinski definition) is 1. The third-order valence-electron chi connectivity index (χ3n) is 4.45. The van der Waals surface area contributed by atoms with Gasteiger partial charge in [-0.15, -0.1) is 0 Å². The van der Waals surface area contributed by atoms with Gasteiger partial charge in [0.2, 0.25) is 0 Å². The SMILES string of the molecule is CC(Sc1nc2ccccc2nc1NS(=O)(=O)c1ccccc1Cl)c1ccccc1. The molecule has 1 atom stereocenters. The van der Waals surface area contributed by atoms with Crippen molar-refractivity contribution in [2.75, 3.05) is 4.72 Å². The lowest BCUT2D eigenvalue weighted by atomic mass is 10.2. The lowest BCUT2D eigenvalue weighted by molar-refractivity contribution is 0.601. The maximum Gasteiger partial charge on any atom is 0.264 e. The van der Waals surface area contributed by atoms with E-state index in [9.17, 15) is 8.42 Å². The summed E-state index contributed by atoms with van der Waals surface area (Å²) in [6.45, 7) is 2.04. The van der Waals surface area contributed by atoms with E-state index in [1.807, 2.05) is 55.5 Å². The number of aromatic nitrogens is 2. The molecule has 1 unspecified atom stereocenters. The Bertz CT molecular complexity index is 1300. The molecular formula is C22H18ClN3O2S2. The van der Waals surface area contributed by atoms with Crippen molar-refractivity contribution in [3.8, 4) is 0 Å². The van der Waals surface area contributed by atoms with Gasteiger partial charge in [-0.05, 0) is 36.8 Å². The zero-order valence-corrected chi connectivity index (χ0v) is 18.4. The molecule has 1 aromatic heterocycles. The Labute approximate surface area is 184 Å². The molecule has 0 saturated carbocycles. The second-order valence-corrected chi connectivity index (χ2v) is 9.96. The molecule has 0 fully saturated rings. The van der Waals surface area contributed by atoms with Crippen molar-refractivity contribution in [2.45, 2.75) is 22.1 Å². The summed E-state index contributed by atoms with van der Waals surface area (Å²) in [5.74, 6) is 0.182. The number of para-hydroxylation sites is 2. The Morgan fingerprint density at radius 2 is 1.47 bits per heavy atom. The number of fused-ring (bicyclic) bond motifs is 1. The van der Waals surface area contributed by atoms with Crippen LogP contribution in [0, 0.1) is 0 Å². The highest BCUT2D eigenvalue weighted by Crippen LogP contribution is 2.38. The topological polar surface area (TPSA) is 72.0 Å². The molecule has 1 N–H and O–H groups in total. The van der Waals surface area contributed by atoms with Crippen LogP contribution in [0.3, 0.4) is 0 Å². The van der Waals surface area contributed by atoms with Gasteiger partial charge < -0.3 is 0 Å². The highest BCUT2D eigenvalue weighted by atomic mass is 35.5. The fourth-order valence-electron chi connectivity index (χ4n) is 2.94. The molecule has 1 heterocycles. The van der Waals surface area contributed by atoms with E-state index < -0.39 is 10.0 Å². The van der Waals surface area contributed by atoms with E-state index in [2.05, 4.69) is 14.7 Å². The van der Waals surface area contributed by atoms with E-state index in [0.717, 1.165) is 5.56 Å². The first-order chi connectivity index (χ1) is 14.4. The summed E-state index contributed by atoms with van der Waals surface area (Å²) in [5, 5.41) is 0.691. The van der Waals surface area contributed by atoms with Crippen LogP contribution in [0.4, 0.5) is 5.82 Å². The van der Waals surface area contributed by atoms with Crippen LogP contribution in [0.5, 0.6) is 0 Å². The lowest BCUT2D eigenvalue weighted by Gasteiger charge is -2.16. The first-order valence-corrected chi connectivity index (χ1v) is 11.9. The number of halogens is 1. The van der Waals surface area contributed by atoms with Crippen molar-refractivity contribution in [3.05, 3.63) is 89.4 Å². The first-order valence-electron chi connectivity index (χ1n) is 9.20. The Kier molecular flexibility index (Phi) is 5.94. The van der Waals surface area contributed by atoms with E-state index in [-0.39, 0.29) is 21.0 Å². The summed E-state index contributed by atoms with van der Waals surface area (Å²) in [5.41, 5.74) is 2.41. The number of benzene rings is 3. The predicted molar refractivity (Wildman–Crippen MR) is 123 cm³/mol. The van der Waals surface area contributed by atoms with Gasteiger partial charge in [-0.2, -0.15) is 0 Å². The zero-order chi connectivity index (χ0) is 21.1. The van der Waals surface area contributed by atoms with Crippen molar-refractivity contribution in [2.24, 2.45) is 0 Å². The molecule has 30 heavy (non-hydrogen) atoms. The van der Waals surface area contributed by atoms with Gasteiger partial charge in [-0.25, -0.2) is 18.4 Å². The molecule has 0 spiro atoms. The molecule has 5 nitrogen and oxygen atoms in total. The number of hydrogen-bond acceptors (Lipinski definition) is 5. The highest BCUT2D eigenvalue weighted by Gasteiger charge is 2.22. The van der Waals surface area contributed by atoms with E-state index in [1.54, 1.807) is 18.2 Å². The molecule has 0 radical (unpaired) electrons. The fraction of sp³-hybridized carbons (Fsp3) is 0.0909. The molecule has 0 bridgehead atoms. The molecular weight excluding hydrogens is 438 g/mol. The summed E-state index contributed by atoms with van der Waals surface area (Å²) in [7, 11) is -3.93. The smallest absolute Gasteiger partial charge is 0.261 e. The number of nitrogens with zero attached hydrogens (tertiary/aromatic N) is 2. The van der Waals surface area contributed by atoms with Crippen molar-refractivity contribution in [1.29, 1.82) is 0 Å². The number of thioether (sulfide) groups is 1. The fourth-order valence-corrected chi connectivity index (χ4v) is 5.52. The van der Waals surface area contributed by atoms with E-state index in [0.29, 0.717) is 16.1 Å². The largest absolute Gasteiger partial charge is 0.264 e. The minimum absolute atomic E-state index is 0.00585. The first kappa shape index (κ1) is 20.7. The predicted octanol–water partition coefficient (Wildman–Crippen LogP) is 5.94. The van der Waals surface area contributed by atoms with Gasteiger partial charge in [-0.1, -0.05) is 78.0 Å². The Balaban J connectivity index is 1.76. The Morgan fingerprint density at radius 3 is 2.17 bits per heavy atom. The molecule has 0 amide bonds. The minimum Gasteiger partial charge on any atom is -0.261 e. The molecule has 0 aliphatic carbocycles. The van der Waals surface area contributed by atoms with Gasteiger partial charge in [0.05, 0.1) is 16.1 Å². The number of sulfonamides is 1. The van der Waals surface area contributed by atoms with Crippen LogP contribution < -0.4 is 4.72 Å². The second-order valence-electron chi connectivity index (χ2n) is 6.57. The summed E-state index contributed by atoms with van der Waals surface area (Å²) < 4.78 is 28.6. The average Bonchev–Trinajstić information content (AvgIpc) is 2.74. The molecule has 0 aliphatic rings. The van der Waals surface area contributed by atoms with Gasteiger partial charge in [0, 0.05) is 5.25 Å².